The topological polar surface area (TPSA) is 92.2 Å². The highest BCUT2D eigenvalue weighted by atomic mass is 32.1. The average molecular weight is 305 g/mol. The van der Waals surface area contributed by atoms with E-state index in [4.69, 9.17) is 0 Å². The second-order valence-corrected chi connectivity index (χ2v) is 5.55. The van der Waals surface area contributed by atoms with E-state index in [-0.39, 0.29) is 5.92 Å². The van der Waals surface area contributed by atoms with Crippen molar-refractivity contribution in [2.75, 3.05) is 0 Å². The van der Waals surface area contributed by atoms with Crippen molar-refractivity contribution in [1.29, 1.82) is 0 Å². The molecule has 2 aromatic rings. The van der Waals surface area contributed by atoms with Crippen LogP contribution < -0.4 is 5.32 Å². The molecule has 0 radical (unpaired) electrons. The number of carbonyl (C=O) groups excluding carboxylic acids is 1. The Morgan fingerprint density at radius 3 is 2.48 bits per heavy atom. The van der Waals surface area contributed by atoms with Crippen LogP contribution in [0.15, 0.2) is 30.3 Å². The third-order valence-electron chi connectivity index (χ3n) is 2.92. The number of nitrogens with zero attached hydrogens (tertiary/aromatic N) is 2. The van der Waals surface area contributed by atoms with Crippen molar-refractivity contribution in [1.82, 2.24) is 14.9 Å². The highest BCUT2D eigenvalue weighted by Crippen LogP contribution is 2.21. The molecule has 1 atom stereocenters. The fourth-order valence-electron chi connectivity index (χ4n) is 1.86. The Hall–Kier alpha value is -2.28. The molecule has 2 rings (SSSR count). The van der Waals surface area contributed by atoms with Crippen molar-refractivity contribution in [3.05, 3.63) is 46.5 Å². The summed E-state index contributed by atoms with van der Waals surface area (Å²) in [4.78, 5) is 24.0. The molecule has 0 aliphatic heterocycles. The van der Waals surface area contributed by atoms with Crippen LogP contribution in [0.3, 0.4) is 0 Å². The van der Waals surface area contributed by atoms with E-state index in [0.29, 0.717) is 16.1 Å². The molecule has 1 aromatic carbocycles. The Kier molecular flexibility index (Phi) is 4.64. The summed E-state index contributed by atoms with van der Waals surface area (Å²) >= 11 is 0.969. The molecule has 1 heterocycles. The third kappa shape index (κ3) is 3.43. The second-order valence-electron chi connectivity index (χ2n) is 4.80. The summed E-state index contributed by atoms with van der Waals surface area (Å²) in [6, 6.07) is 7.46. The van der Waals surface area contributed by atoms with Gasteiger partial charge in [0.15, 0.2) is 6.04 Å². The van der Waals surface area contributed by atoms with E-state index in [0.717, 1.165) is 11.5 Å². The molecule has 0 spiro atoms. The number of aromatic nitrogens is 2. The van der Waals surface area contributed by atoms with Crippen LogP contribution in [0.1, 0.15) is 46.7 Å². The monoisotopic (exact) mass is 305 g/mol. The molecular formula is C14H15N3O3S. The highest BCUT2D eigenvalue weighted by Gasteiger charge is 2.26. The lowest BCUT2D eigenvalue weighted by atomic mass is 10.1. The van der Waals surface area contributed by atoms with Crippen LogP contribution in [-0.2, 0) is 4.79 Å². The zero-order valence-corrected chi connectivity index (χ0v) is 12.4. The van der Waals surface area contributed by atoms with Crippen LogP contribution in [0.5, 0.6) is 0 Å². The molecule has 0 aliphatic rings. The normalized spacial score (nSPS) is 12.1. The van der Waals surface area contributed by atoms with Crippen LogP contribution in [0.4, 0.5) is 0 Å². The van der Waals surface area contributed by atoms with E-state index in [2.05, 4.69) is 14.9 Å². The Bertz CT molecular complexity index is 640. The van der Waals surface area contributed by atoms with Gasteiger partial charge in [-0.25, -0.2) is 4.79 Å². The zero-order valence-electron chi connectivity index (χ0n) is 11.6. The number of nitrogens with one attached hydrogen (secondary N) is 1. The smallest absolute Gasteiger partial charge is 0.330 e. The van der Waals surface area contributed by atoms with Gasteiger partial charge in [0.05, 0.1) is 5.69 Å². The first-order chi connectivity index (χ1) is 10.0. The Morgan fingerprint density at radius 2 is 1.90 bits per heavy atom. The lowest BCUT2D eigenvalue weighted by molar-refractivity contribution is -0.139. The second kappa shape index (κ2) is 6.45. The number of amides is 1. The minimum Gasteiger partial charge on any atom is -0.479 e. The molecule has 0 unspecified atom stereocenters. The fourth-order valence-corrected chi connectivity index (χ4v) is 2.58. The van der Waals surface area contributed by atoms with Gasteiger partial charge in [-0.2, -0.15) is 0 Å². The Morgan fingerprint density at radius 1 is 1.24 bits per heavy atom. The maximum atomic E-state index is 12.3. The van der Waals surface area contributed by atoms with Gasteiger partial charge in [0.1, 0.15) is 4.88 Å². The summed E-state index contributed by atoms with van der Waals surface area (Å²) in [6.07, 6.45) is 0. The SMILES string of the molecule is CC(C)c1nnsc1C(=O)N[C@@H](C(=O)O)c1ccccc1. The summed E-state index contributed by atoms with van der Waals surface area (Å²) < 4.78 is 3.77. The van der Waals surface area contributed by atoms with Crippen molar-refractivity contribution >= 4 is 23.4 Å². The lowest BCUT2D eigenvalue weighted by Crippen LogP contribution is -2.33. The minimum absolute atomic E-state index is 0.0458. The van der Waals surface area contributed by atoms with Gasteiger partial charge in [0, 0.05) is 0 Å². The first kappa shape index (κ1) is 15.1. The molecule has 0 aliphatic carbocycles. The minimum atomic E-state index is -1.11. The van der Waals surface area contributed by atoms with E-state index in [9.17, 15) is 14.7 Å². The van der Waals surface area contributed by atoms with Crippen molar-refractivity contribution in [2.45, 2.75) is 25.8 Å². The molecule has 21 heavy (non-hydrogen) atoms. The molecule has 0 fully saturated rings. The van der Waals surface area contributed by atoms with E-state index in [1.165, 1.54) is 0 Å². The average Bonchev–Trinajstić information content (AvgIpc) is 2.94. The largest absolute Gasteiger partial charge is 0.479 e. The first-order valence-corrected chi connectivity index (χ1v) is 7.19. The number of benzene rings is 1. The molecule has 2 N–H and O–H groups in total. The summed E-state index contributed by atoms with van der Waals surface area (Å²) in [6.45, 7) is 3.80. The molecular weight excluding hydrogens is 290 g/mol. The molecule has 1 amide bonds. The summed E-state index contributed by atoms with van der Waals surface area (Å²) in [7, 11) is 0. The van der Waals surface area contributed by atoms with Gasteiger partial charge in [-0.1, -0.05) is 48.7 Å². The number of carboxylic acid groups (broad SMARTS) is 1. The molecule has 110 valence electrons. The van der Waals surface area contributed by atoms with Crippen molar-refractivity contribution in [2.24, 2.45) is 0 Å². The van der Waals surface area contributed by atoms with Crippen molar-refractivity contribution in [3.63, 3.8) is 0 Å². The first-order valence-electron chi connectivity index (χ1n) is 6.41. The van der Waals surface area contributed by atoms with Gasteiger partial charge >= 0.3 is 5.97 Å². The van der Waals surface area contributed by atoms with Crippen LogP contribution in [0.2, 0.25) is 0 Å². The van der Waals surface area contributed by atoms with Gasteiger partial charge in [0.25, 0.3) is 5.91 Å². The van der Waals surface area contributed by atoms with Gasteiger partial charge < -0.3 is 10.4 Å². The van der Waals surface area contributed by atoms with Crippen LogP contribution in [-0.4, -0.2) is 26.6 Å². The van der Waals surface area contributed by atoms with Crippen molar-refractivity contribution < 1.29 is 14.7 Å². The Labute approximate surface area is 126 Å². The van der Waals surface area contributed by atoms with E-state index < -0.39 is 17.9 Å². The van der Waals surface area contributed by atoms with Gasteiger partial charge in [-0.3, -0.25) is 4.79 Å². The number of carbonyl (C=O) groups is 2. The molecule has 6 nitrogen and oxygen atoms in total. The number of hydrogen-bond acceptors (Lipinski definition) is 5. The predicted molar refractivity (Wildman–Crippen MR) is 78.3 cm³/mol. The van der Waals surface area contributed by atoms with Crippen molar-refractivity contribution in [3.8, 4) is 0 Å². The highest BCUT2D eigenvalue weighted by molar-refractivity contribution is 7.08. The lowest BCUT2D eigenvalue weighted by Gasteiger charge is -2.14. The maximum absolute atomic E-state index is 12.3. The molecule has 0 bridgehead atoms. The quantitative estimate of drug-likeness (QED) is 0.883. The van der Waals surface area contributed by atoms with Gasteiger partial charge in [-0.15, -0.1) is 5.10 Å². The van der Waals surface area contributed by atoms with E-state index >= 15 is 0 Å². The summed E-state index contributed by atoms with van der Waals surface area (Å²) in [5.41, 5.74) is 1.09. The zero-order chi connectivity index (χ0) is 15.4. The van der Waals surface area contributed by atoms with E-state index in [1.807, 2.05) is 13.8 Å². The van der Waals surface area contributed by atoms with Crippen LogP contribution in [0.25, 0.3) is 0 Å². The Balaban J connectivity index is 2.24. The summed E-state index contributed by atoms with van der Waals surface area (Å²) in [5.74, 6) is -1.53. The summed E-state index contributed by atoms with van der Waals surface area (Å²) in [5, 5.41) is 15.8. The molecule has 0 saturated carbocycles. The molecule has 7 heteroatoms. The predicted octanol–water partition coefficient (Wildman–Crippen LogP) is 2.22. The number of hydrogen-bond donors (Lipinski definition) is 2. The van der Waals surface area contributed by atoms with Crippen LogP contribution >= 0.6 is 11.5 Å². The maximum Gasteiger partial charge on any atom is 0.330 e. The molecule has 0 saturated heterocycles. The fraction of sp³-hybridized carbons (Fsp3) is 0.286. The number of aliphatic carboxylic acids is 1. The number of rotatable bonds is 5. The van der Waals surface area contributed by atoms with Crippen LogP contribution in [0, 0.1) is 0 Å². The molecule has 1 aromatic heterocycles. The van der Waals surface area contributed by atoms with Gasteiger partial charge in [-0.05, 0) is 23.0 Å². The third-order valence-corrected chi connectivity index (χ3v) is 3.66. The standard InChI is InChI=1S/C14H15N3O3S/c1-8(2)10-12(21-17-16-10)13(18)15-11(14(19)20)9-6-4-3-5-7-9/h3-8,11H,1-2H3,(H,15,18)(H,19,20)/t11-/m1/s1. The van der Waals surface area contributed by atoms with E-state index in [1.54, 1.807) is 30.3 Å². The van der Waals surface area contributed by atoms with Gasteiger partial charge in [0.2, 0.25) is 0 Å². The number of carboxylic acids is 1.